The maximum absolute atomic E-state index is 11.9. The number of carbonyl (C=O) groups excluding carboxylic acids is 2. The standard InChI is InChI=1S/C13H14INO5/c1-2-4-13(19)11(18)9(7-14)20-12(13)15-5-3-8(16)6-10(15)17/h3-5,9,11-12,18-19H,1,6-7H2/t9-,11-,12-,13-/m1/s1. The van der Waals surface area contributed by atoms with Crippen molar-refractivity contribution < 1.29 is 24.5 Å². The second-order valence-electron chi connectivity index (χ2n) is 4.62. The van der Waals surface area contributed by atoms with Crippen LogP contribution in [0.2, 0.25) is 0 Å². The molecule has 2 aliphatic heterocycles. The topological polar surface area (TPSA) is 87.1 Å². The number of hydrogen-bond donors (Lipinski definition) is 2. The van der Waals surface area contributed by atoms with Gasteiger partial charge in [-0.25, -0.2) is 0 Å². The second kappa shape index (κ2) is 5.79. The fourth-order valence-corrected chi connectivity index (χ4v) is 2.97. The minimum absolute atomic E-state index is 0.282. The minimum atomic E-state index is -1.81. The van der Waals surface area contributed by atoms with E-state index < -0.39 is 29.9 Å². The van der Waals surface area contributed by atoms with Crippen molar-refractivity contribution >= 4 is 34.3 Å². The second-order valence-corrected chi connectivity index (χ2v) is 5.50. The minimum Gasteiger partial charge on any atom is -0.387 e. The zero-order valence-corrected chi connectivity index (χ0v) is 12.7. The van der Waals surface area contributed by atoms with Gasteiger partial charge in [0.05, 0.1) is 12.5 Å². The molecule has 2 N–H and O–H groups in total. The Morgan fingerprint density at radius 1 is 1.65 bits per heavy atom. The summed E-state index contributed by atoms with van der Waals surface area (Å²) in [5.74, 6) is -0.794. The number of ether oxygens (including phenoxy) is 1. The summed E-state index contributed by atoms with van der Waals surface area (Å²) in [5.41, 5.74) is 0.614. The number of allylic oxidation sites excluding steroid dienone is 1. The van der Waals surface area contributed by atoms with Gasteiger partial charge in [0.25, 0.3) is 0 Å². The molecule has 4 atom stereocenters. The van der Waals surface area contributed by atoms with Gasteiger partial charge in [-0.3, -0.25) is 14.5 Å². The smallest absolute Gasteiger partial charge is 0.236 e. The van der Waals surface area contributed by atoms with E-state index in [2.05, 4.69) is 12.3 Å². The van der Waals surface area contributed by atoms with Crippen molar-refractivity contribution in [3.05, 3.63) is 30.7 Å². The van der Waals surface area contributed by atoms with Crippen LogP contribution in [0.25, 0.3) is 0 Å². The number of aliphatic hydroxyl groups is 2. The average Bonchev–Trinajstić information content (AvgIpc) is 2.63. The lowest BCUT2D eigenvalue weighted by Gasteiger charge is -2.34. The molecule has 20 heavy (non-hydrogen) atoms. The van der Waals surface area contributed by atoms with E-state index in [0.717, 1.165) is 4.90 Å². The number of nitrogens with zero attached hydrogens (tertiary/aromatic N) is 1. The van der Waals surface area contributed by atoms with Crippen LogP contribution in [0.1, 0.15) is 6.42 Å². The summed E-state index contributed by atoms with van der Waals surface area (Å²) in [7, 11) is 0. The number of hydrogen-bond acceptors (Lipinski definition) is 5. The third-order valence-corrected chi connectivity index (χ3v) is 4.17. The van der Waals surface area contributed by atoms with Gasteiger partial charge in [0.2, 0.25) is 5.91 Å². The van der Waals surface area contributed by atoms with E-state index in [9.17, 15) is 19.8 Å². The molecule has 7 heteroatoms. The van der Waals surface area contributed by atoms with Crippen LogP contribution in [-0.2, 0) is 14.3 Å². The summed E-state index contributed by atoms with van der Waals surface area (Å²) >= 11 is 2.02. The SMILES string of the molecule is C=C=C[C@@]1(O)[C@H](O)[C@@H](CI)O[C@H]1N1C=CC(=O)CC1=O. The molecule has 2 aliphatic rings. The highest BCUT2D eigenvalue weighted by Gasteiger charge is 2.56. The van der Waals surface area contributed by atoms with Crippen molar-refractivity contribution in [1.82, 2.24) is 4.90 Å². The zero-order valence-electron chi connectivity index (χ0n) is 10.5. The van der Waals surface area contributed by atoms with E-state index in [1.165, 1.54) is 18.4 Å². The van der Waals surface area contributed by atoms with Crippen molar-refractivity contribution in [1.29, 1.82) is 0 Å². The number of alkyl halides is 1. The van der Waals surface area contributed by atoms with Crippen molar-refractivity contribution in [2.75, 3.05) is 4.43 Å². The molecule has 0 aromatic carbocycles. The van der Waals surface area contributed by atoms with Crippen LogP contribution >= 0.6 is 22.6 Å². The van der Waals surface area contributed by atoms with Crippen molar-refractivity contribution in [2.45, 2.75) is 30.5 Å². The van der Waals surface area contributed by atoms with E-state index in [1.807, 2.05) is 22.6 Å². The molecule has 108 valence electrons. The van der Waals surface area contributed by atoms with E-state index in [4.69, 9.17) is 4.74 Å². The summed E-state index contributed by atoms with van der Waals surface area (Å²) in [4.78, 5) is 24.2. The summed E-state index contributed by atoms with van der Waals surface area (Å²) in [6.07, 6.45) is 0.465. The van der Waals surface area contributed by atoms with Gasteiger partial charge in [0.1, 0.15) is 6.10 Å². The first-order chi connectivity index (χ1) is 9.43. The molecule has 0 aromatic heterocycles. The summed E-state index contributed by atoms with van der Waals surface area (Å²) in [6.45, 7) is 3.38. The third-order valence-electron chi connectivity index (χ3n) is 3.30. The molecule has 0 aliphatic carbocycles. The van der Waals surface area contributed by atoms with Crippen molar-refractivity contribution in [3.8, 4) is 0 Å². The van der Waals surface area contributed by atoms with E-state index in [1.54, 1.807) is 0 Å². The van der Waals surface area contributed by atoms with Gasteiger partial charge >= 0.3 is 0 Å². The normalized spacial score (nSPS) is 37.1. The Hall–Kier alpha value is -0.990. The number of aliphatic hydroxyl groups excluding tert-OH is 1. The van der Waals surface area contributed by atoms with E-state index in [0.29, 0.717) is 4.43 Å². The van der Waals surface area contributed by atoms with Crippen LogP contribution in [0.5, 0.6) is 0 Å². The van der Waals surface area contributed by atoms with Gasteiger partial charge in [-0.05, 0) is 12.2 Å². The van der Waals surface area contributed by atoms with Crippen LogP contribution < -0.4 is 0 Å². The first kappa shape index (κ1) is 15.4. The Morgan fingerprint density at radius 2 is 2.35 bits per heavy atom. The van der Waals surface area contributed by atoms with Gasteiger partial charge in [0.15, 0.2) is 17.6 Å². The number of halogens is 1. The molecular weight excluding hydrogens is 377 g/mol. The Morgan fingerprint density at radius 3 is 2.90 bits per heavy atom. The molecule has 2 heterocycles. The first-order valence-corrected chi connectivity index (χ1v) is 7.47. The molecule has 0 aromatic rings. The zero-order chi connectivity index (χ0) is 14.9. The van der Waals surface area contributed by atoms with Crippen LogP contribution in [0.15, 0.2) is 30.7 Å². The van der Waals surface area contributed by atoms with Gasteiger partial charge in [-0.1, -0.05) is 29.2 Å². The largest absolute Gasteiger partial charge is 0.387 e. The maximum Gasteiger partial charge on any atom is 0.236 e. The van der Waals surface area contributed by atoms with E-state index in [-0.39, 0.29) is 12.2 Å². The molecule has 0 radical (unpaired) electrons. The predicted molar refractivity (Wildman–Crippen MR) is 77.8 cm³/mol. The van der Waals surface area contributed by atoms with E-state index >= 15 is 0 Å². The van der Waals surface area contributed by atoms with Gasteiger partial charge in [-0.15, -0.1) is 5.73 Å². The van der Waals surface area contributed by atoms with Crippen LogP contribution in [0.3, 0.4) is 0 Å². The highest BCUT2D eigenvalue weighted by Crippen LogP contribution is 2.36. The number of amides is 1. The van der Waals surface area contributed by atoms with Gasteiger partial charge in [-0.2, -0.15) is 0 Å². The Bertz CT molecular complexity index is 513. The number of ketones is 1. The molecule has 1 amide bonds. The molecule has 6 nitrogen and oxygen atoms in total. The monoisotopic (exact) mass is 391 g/mol. The van der Waals surface area contributed by atoms with Crippen molar-refractivity contribution in [2.24, 2.45) is 0 Å². The Kier molecular flexibility index (Phi) is 4.46. The molecule has 0 unspecified atom stereocenters. The Balaban J connectivity index is 2.38. The predicted octanol–water partition coefficient (Wildman–Crippen LogP) is -0.106. The molecule has 0 bridgehead atoms. The first-order valence-electron chi connectivity index (χ1n) is 5.95. The number of rotatable bonds is 3. The molecule has 2 rings (SSSR count). The fourth-order valence-electron chi connectivity index (χ4n) is 2.28. The van der Waals surface area contributed by atoms with Crippen LogP contribution in [0.4, 0.5) is 0 Å². The summed E-state index contributed by atoms with van der Waals surface area (Å²) in [5, 5.41) is 20.8. The van der Waals surface area contributed by atoms with Gasteiger partial charge < -0.3 is 14.9 Å². The fraction of sp³-hybridized carbons (Fsp3) is 0.462. The summed E-state index contributed by atoms with van der Waals surface area (Å²) in [6, 6.07) is 0. The third kappa shape index (κ3) is 2.47. The lowest BCUT2D eigenvalue weighted by atomic mass is 9.93. The molecule has 0 saturated carbocycles. The van der Waals surface area contributed by atoms with Gasteiger partial charge in [0, 0.05) is 10.6 Å². The lowest BCUT2D eigenvalue weighted by molar-refractivity contribution is -0.153. The number of carbonyl (C=O) groups is 2. The summed E-state index contributed by atoms with van der Waals surface area (Å²) < 4.78 is 6.01. The Labute approximate surface area is 129 Å². The van der Waals surface area contributed by atoms with Crippen molar-refractivity contribution in [3.63, 3.8) is 0 Å². The molecule has 1 fully saturated rings. The highest BCUT2D eigenvalue weighted by atomic mass is 127. The molecule has 0 spiro atoms. The molecule has 1 saturated heterocycles. The lowest BCUT2D eigenvalue weighted by Crippen LogP contribution is -2.54. The maximum atomic E-state index is 11.9. The quantitative estimate of drug-likeness (QED) is 0.304. The average molecular weight is 391 g/mol. The van der Waals surface area contributed by atoms with Crippen LogP contribution in [-0.4, -0.2) is 55.3 Å². The molecular formula is C13H14INO5. The van der Waals surface area contributed by atoms with Crippen LogP contribution in [0, 0.1) is 0 Å². The highest BCUT2D eigenvalue weighted by molar-refractivity contribution is 14.1.